The predicted molar refractivity (Wildman–Crippen MR) is 114 cm³/mol. The highest BCUT2D eigenvalue weighted by atomic mass is 32.1. The quantitative estimate of drug-likeness (QED) is 0.641. The van der Waals surface area contributed by atoms with Gasteiger partial charge in [-0.05, 0) is 56.0 Å². The molecule has 0 fully saturated rings. The molecule has 0 aliphatic rings. The second-order valence-corrected chi connectivity index (χ2v) is 8.43. The zero-order valence-electron chi connectivity index (χ0n) is 16.5. The van der Waals surface area contributed by atoms with E-state index in [4.69, 9.17) is 4.74 Å². The van der Waals surface area contributed by atoms with Crippen LogP contribution in [0.1, 0.15) is 31.1 Å². The molecule has 1 aromatic carbocycles. The van der Waals surface area contributed by atoms with Gasteiger partial charge in [-0.2, -0.15) is 0 Å². The summed E-state index contributed by atoms with van der Waals surface area (Å²) in [5.41, 5.74) is 0.886. The fraction of sp³-hybridized carbons (Fsp3) is 0.227. The van der Waals surface area contributed by atoms with E-state index < -0.39 is 11.6 Å². The normalized spacial score (nSPS) is 11.1. The highest BCUT2D eigenvalue weighted by Gasteiger charge is 2.17. The Morgan fingerprint density at radius 1 is 1.10 bits per heavy atom. The molecule has 0 bridgehead atoms. The molecule has 1 amide bonds. The molecule has 0 aliphatic heterocycles. The standard InChI is InChI=1S/C22H22N2O4S/c1-22(2,3)28-20(26)14-24-13-17(9-10-19(24)25)23-21(27)16-7-4-6-15(12-16)18-8-5-11-29-18/h4-13H,14H2,1-3H3,(H,23,27). The number of hydrogen-bond acceptors (Lipinski definition) is 5. The zero-order valence-corrected chi connectivity index (χ0v) is 17.3. The first-order valence-electron chi connectivity index (χ1n) is 9.09. The lowest BCUT2D eigenvalue weighted by Crippen LogP contribution is -2.30. The van der Waals surface area contributed by atoms with Crippen LogP contribution in [0.15, 0.2) is 64.9 Å². The summed E-state index contributed by atoms with van der Waals surface area (Å²) in [6, 6.07) is 14.1. The molecule has 0 atom stereocenters. The molecule has 2 aromatic heterocycles. The van der Waals surface area contributed by atoms with Crippen LogP contribution in [0.2, 0.25) is 0 Å². The largest absolute Gasteiger partial charge is 0.459 e. The van der Waals surface area contributed by atoms with E-state index in [2.05, 4.69) is 5.32 Å². The van der Waals surface area contributed by atoms with Crippen molar-refractivity contribution in [2.45, 2.75) is 32.9 Å². The van der Waals surface area contributed by atoms with Gasteiger partial charge in [0.25, 0.3) is 11.5 Å². The Labute approximate surface area is 172 Å². The van der Waals surface area contributed by atoms with Crippen molar-refractivity contribution in [2.24, 2.45) is 0 Å². The molecule has 2 heterocycles. The third kappa shape index (κ3) is 5.65. The zero-order chi connectivity index (χ0) is 21.0. The van der Waals surface area contributed by atoms with E-state index in [-0.39, 0.29) is 18.0 Å². The third-order valence-electron chi connectivity index (χ3n) is 3.89. The summed E-state index contributed by atoms with van der Waals surface area (Å²) >= 11 is 1.60. The molecule has 0 unspecified atom stereocenters. The van der Waals surface area contributed by atoms with Crippen molar-refractivity contribution < 1.29 is 14.3 Å². The summed E-state index contributed by atoms with van der Waals surface area (Å²) in [4.78, 5) is 37.8. The Balaban J connectivity index is 1.75. The van der Waals surface area contributed by atoms with Gasteiger partial charge in [0.2, 0.25) is 0 Å². The van der Waals surface area contributed by atoms with Gasteiger partial charge in [0, 0.05) is 22.7 Å². The number of hydrogen-bond donors (Lipinski definition) is 1. The number of nitrogens with zero attached hydrogens (tertiary/aromatic N) is 1. The van der Waals surface area contributed by atoms with E-state index in [1.165, 1.54) is 22.9 Å². The molecule has 0 radical (unpaired) electrons. The summed E-state index contributed by atoms with van der Waals surface area (Å²) in [7, 11) is 0. The minimum atomic E-state index is -0.639. The van der Waals surface area contributed by atoms with E-state index in [0.29, 0.717) is 11.3 Å². The van der Waals surface area contributed by atoms with Gasteiger partial charge in [-0.25, -0.2) is 0 Å². The van der Waals surface area contributed by atoms with Gasteiger partial charge in [-0.1, -0.05) is 18.2 Å². The number of rotatable bonds is 5. The number of benzene rings is 1. The molecule has 1 N–H and O–H groups in total. The fourth-order valence-electron chi connectivity index (χ4n) is 2.70. The molecule has 29 heavy (non-hydrogen) atoms. The lowest BCUT2D eigenvalue weighted by Gasteiger charge is -2.19. The SMILES string of the molecule is CC(C)(C)OC(=O)Cn1cc(NC(=O)c2cccc(-c3cccs3)c2)ccc1=O. The second kappa shape index (κ2) is 8.45. The number of ether oxygens (including phenoxy) is 1. The minimum absolute atomic E-state index is 0.228. The Bertz CT molecular complexity index is 1080. The Kier molecular flexibility index (Phi) is 5.98. The van der Waals surface area contributed by atoms with Crippen LogP contribution in [0.3, 0.4) is 0 Å². The number of esters is 1. The van der Waals surface area contributed by atoms with Gasteiger partial charge in [-0.3, -0.25) is 14.4 Å². The van der Waals surface area contributed by atoms with Crippen molar-refractivity contribution >= 4 is 28.9 Å². The van der Waals surface area contributed by atoms with Crippen LogP contribution in [0, 0.1) is 0 Å². The first-order valence-corrected chi connectivity index (χ1v) is 9.97. The molecular formula is C22H22N2O4S. The van der Waals surface area contributed by atoms with Gasteiger partial charge in [0.15, 0.2) is 0 Å². The number of thiophene rings is 1. The average Bonchev–Trinajstić information content (AvgIpc) is 3.18. The van der Waals surface area contributed by atoms with Crippen LogP contribution in [0.25, 0.3) is 10.4 Å². The topological polar surface area (TPSA) is 77.4 Å². The van der Waals surface area contributed by atoms with Crippen molar-refractivity contribution in [3.8, 4) is 10.4 Å². The maximum atomic E-state index is 12.7. The molecule has 3 rings (SSSR count). The molecule has 7 heteroatoms. The molecule has 6 nitrogen and oxygen atoms in total. The van der Waals surface area contributed by atoms with E-state index in [1.807, 2.05) is 35.7 Å². The Morgan fingerprint density at radius 3 is 2.59 bits per heavy atom. The van der Waals surface area contributed by atoms with Crippen molar-refractivity contribution in [2.75, 3.05) is 5.32 Å². The molecular weight excluding hydrogens is 388 g/mol. The van der Waals surface area contributed by atoms with Crippen molar-refractivity contribution in [1.29, 1.82) is 0 Å². The number of anilines is 1. The third-order valence-corrected chi connectivity index (χ3v) is 4.81. The summed E-state index contributed by atoms with van der Waals surface area (Å²) in [5, 5.41) is 4.75. The predicted octanol–water partition coefficient (Wildman–Crippen LogP) is 4.17. The van der Waals surface area contributed by atoms with E-state index in [1.54, 1.807) is 38.2 Å². The first-order chi connectivity index (χ1) is 13.7. The second-order valence-electron chi connectivity index (χ2n) is 7.48. The number of aromatic nitrogens is 1. The number of amides is 1. The summed E-state index contributed by atoms with van der Waals surface area (Å²) in [6.45, 7) is 5.05. The van der Waals surface area contributed by atoms with E-state index in [9.17, 15) is 14.4 Å². The van der Waals surface area contributed by atoms with Crippen LogP contribution in [-0.4, -0.2) is 22.0 Å². The Hall–Kier alpha value is -3.19. The van der Waals surface area contributed by atoms with Gasteiger partial charge < -0.3 is 14.6 Å². The minimum Gasteiger partial charge on any atom is -0.459 e. The van der Waals surface area contributed by atoms with Crippen LogP contribution >= 0.6 is 11.3 Å². The van der Waals surface area contributed by atoms with Gasteiger partial charge in [0.05, 0.1) is 5.69 Å². The van der Waals surface area contributed by atoms with E-state index >= 15 is 0 Å². The molecule has 0 spiro atoms. The number of pyridine rings is 1. The smallest absolute Gasteiger partial charge is 0.326 e. The Morgan fingerprint density at radius 2 is 1.90 bits per heavy atom. The molecule has 0 saturated carbocycles. The monoisotopic (exact) mass is 410 g/mol. The maximum Gasteiger partial charge on any atom is 0.326 e. The van der Waals surface area contributed by atoms with Gasteiger partial charge in [-0.15, -0.1) is 11.3 Å². The van der Waals surface area contributed by atoms with Crippen LogP contribution in [0.4, 0.5) is 5.69 Å². The number of nitrogens with one attached hydrogen (secondary N) is 1. The molecule has 0 aliphatic carbocycles. The fourth-order valence-corrected chi connectivity index (χ4v) is 3.43. The lowest BCUT2D eigenvalue weighted by molar-refractivity contribution is -0.155. The number of carbonyl (C=O) groups is 2. The lowest BCUT2D eigenvalue weighted by atomic mass is 10.1. The van der Waals surface area contributed by atoms with Crippen molar-refractivity contribution in [1.82, 2.24) is 4.57 Å². The van der Waals surface area contributed by atoms with Crippen LogP contribution in [-0.2, 0) is 16.1 Å². The highest BCUT2D eigenvalue weighted by molar-refractivity contribution is 7.13. The van der Waals surface area contributed by atoms with Crippen molar-refractivity contribution in [3.05, 3.63) is 76.0 Å². The van der Waals surface area contributed by atoms with Crippen molar-refractivity contribution in [3.63, 3.8) is 0 Å². The highest BCUT2D eigenvalue weighted by Crippen LogP contribution is 2.25. The van der Waals surface area contributed by atoms with Crippen LogP contribution in [0.5, 0.6) is 0 Å². The molecule has 150 valence electrons. The van der Waals surface area contributed by atoms with E-state index in [0.717, 1.165) is 10.4 Å². The summed E-state index contributed by atoms with van der Waals surface area (Å²) in [5.74, 6) is -0.822. The molecule has 0 saturated heterocycles. The first kappa shape index (κ1) is 20.5. The number of carbonyl (C=O) groups excluding carboxylic acids is 2. The molecule has 3 aromatic rings. The van der Waals surface area contributed by atoms with Crippen LogP contribution < -0.4 is 10.9 Å². The van der Waals surface area contributed by atoms with Gasteiger partial charge in [0.1, 0.15) is 12.1 Å². The summed E-state index contributed by atoms with van der Waals surface area (Å²) < 4.78 is 6.46. The summed E-state index contributed by atoms with van der Waals surface area (Å²) in [6.07, 6.45) is 1.44. The van der Waals surface area contributed by atoms with Gasteiger partial charge >= 0.3 is 5.97 Å². The maximum absolute atomic E-state index is 12.7. The average molecular weight is 410 g/mol.